The van der Waals surface area contributed by atoms with Crippen LogP contribution in [0.25, 0.3) is 17.2 Å². The number of alkyl carbamates (subject to hydrolysis) is 1. The van der Waals surface area contributed by atoms with Gasteiger partial charge in [0.05, 0.1) is 11.2 Å². The molecule has 2 N–H and O–H groups in total. The predicted octanol–water partition coefficient (Wildman–Crippen LogP) is 6.26. The van der Waals surface area contributed by atoms with E-state index in [-0.39, 0.29) is 25.5 Å². The summed E-state index contributed by atoms with van der Waals surface area (Å²) in [5, 5.41) is 11.9. The average molecular weight is 553 g/mol. The molecule has 0 saturated carbocycles. The van der Waals surface area contributed by atoms with Gasteiger partial charge in [0, 0.05) is 18.9 Å². The Labute approximate surface area is 241 Å². The van der Waals surface area contributed by atoms with Crippen LogP contribution in [0.4, 0.5) is 4.79 Å². The first-order valence-electron chi connectivity index (χ1n) is 14.0. The van der Waals surface area contributed by atoms with E-state index in [1.807, 2.05) is 82.3 Å². The van der Waals surface area contributed by atoms with Crippen LogP contribution >= 0.6 is 0 Å². The number of benzene rings is 3. The Bertz CT molecular complexity index is 1400. The number of aliphatic carboxylic acids is 1. The van der Waals surface area contributed by atoms with Gasteiger partial charge in [-0.2, -0.15) is 0 Å². The molecule has 1 heterocycles. The Morgan fingerprint density at radius 3 is 2.02 bits per heavy atom. The standard InChI is InChI=1S/C33H36BNO6/c1-32(2)33(3,4)41-34(40-32)24(19-23-15-13-22(14-16-23)17-18-30(36)37)20-35-31(38)39-21-29-27-11-7-5-9-25(27)26-10-6-8-12-28(26)29/h5-16,19,29H,17-18,20-21H2,1-4H3,(H,35,38)(H,36,37). The van der Waals surface area contributed by atoms with Gasteiger partial charge in [0.25, 0.3) is 0 Å². The van der Waals surface area contributed by atoms with Gasteiger partial charge in [0.1, 0.15) is 6.61 Å². The van der Waals surface area contributed by atoms with E-state index in [4.69, 9.17) is 19.2 Å². The second-order valence-corrected chi connectivity index (χ2v) is 11.6. The monoisotopic (exact) mass is 553 g/mol. The number of nitrogens with one attached hydrogen (secondary N) is 1. The van der Waals surface area contributed by atoms with Crippen molar-refractivity contribution < 1.29 is 28.7 Å². The summed E-state index contributed by atoms with van der Waals surface area (Å²) in [4.78, 5) is 23.8. The molecule has 0 radical (unpaired) electrons. The minimum Gasteiger partial charge on any atom is -0.481 e. The molecule has 3 aromatic carbocycles. The molecule has 8 heteroatoms. The van der Waals surface area contributed by atoms with Crippen LogP contribution in [0.2, 0.25) is 0 Å². The van der Waals surface area contributed by atoms with Gasteiger partial charge < -0.3 is 24.5 Å². The van der Waals surface area contributed by atoms with Crippen LogP contribution in [0, 0.1) is 0 Å². The number of rotatable bonds is 9. The molecule has 1 aliphatic carbocycles. The fourth-order valence-electron chi connectivity index (χ4n) is 5.27. The average Bonchev–Trinajstić information content (AvgIpc) is 3.38. The molecule has 0 atom stereocenters. The Morgan fingerprint density at radius 1 is 0.902 bits per heavy atom. The van der Waals surface area contributed by atoms with Crippen molar-refractivity contribution in [2.24, 2.45) is 0 Å². The zero-order valence-corrected chi connectivity index (χ0v) is 24.0. The van der Waals surface area contributed by atoms with E-state index in [1.54, 1.807) is 0 Å². The Balaban J connectivity index is 1.28. The van der Waals surface area contributed by atoms with E-state index in [0.29, 0.717) is 6.42 Å². The lowest BCUT2D eigenvalue weighted by Crippen LogP contribution is -2.41. The van der Waals surface area contributed by atoms with Crippen molar-refractivity contribution in [1.82, 2.24) is 5.32 Å². The lowest BCUT2D eigenvalue weighted by atomic mass is 9.77. The molecule has 1 aliphatic heterocycles. The normalized spacial score (nSPS) is 17.2. The number of amides is 1. The maximum absolute atomic E-state index is 12.9. The molecule has 7 nitrogen and oxygen atoms in total. The molecule has 1 amide bonds. The van der Waals surface area contributed by atoms with E-state index in [9.17, 15) is 9.59 Å². The minimum absolute atomic E-state index is 0.0223. The van der Waals surface area contributed by atoms with Crippen LogP contribution in [0.5, 0.6) is 0 Å². The van der Waals surface area contributed by atoms with E-state index in [0.717, 1.165) is 27.7 Å². The summed E-state index contributed by atoms with van der Waals surface area (Å²) >= 11 is 0. The number of fused-ring (bicyclic) bond motifs is 3. The number of hydrogen-bond acceptors (Lipinski definition) is 5. The lowest BCUT2D eigenvalue weighted by Gasteiger charge is -2.32. The molecule has 0 unspecified atom stereocenters. The number of ether oxygens (including phenoxy) is 1. The highest BCUT2D eigenvalue weighted by molar-refractivity contribution is 6.56. The van der Waals surface area contributed by atoms with Gasteiger partial charge in [-0.05, 0) is 73.0 Å². The quantitative estimate of drug-likeness (QED) is 0.304. The molecule has 0 aromatic heterocycles. The number of hydrogen-bond donors (Lipinski definition) is 2. The highest BCUT2D eigenvalue weighted by Crippen LogP contribution is 2.44. The molecule has 3 aromatic rings. The smallest absolute Gasteiger partial charge is 0.481 e. The van der Waals surface area contributed by atoms with Gasteiger partial charge in [-0.1, -0.05) is 78.9 Å². The summed E-state index contributed by atoms with van der Waals surface area (Å²) in [6, 6.07) is 24.1. The van der Waals surface area contributed by atoms with Gasteiger partial charge >= 0.3 is 19.2 Å². The van der Waals surface area contributed by atoms with Crippen LogP contribution in [0.1, 0.15) is 62.3 Å². The summed E-state index contributed by atoms with van der Waals surface area (Å²) in [6.07, 6.45) is 1.97. The summed E-state index contributed by atoms with van der Waals surface area (Å²) in [5.74, 6) is -0.845. The predicted molar refractivity (Wildman–Crippen MR) is 160 cm³/mol. The summed E-state index contributed by atoms with van der Waals surface area (Å²) in [6.45, 7) is 8.35. The third-order valence-electron chi connectivity index (χ3n) is 8.30. The van der Waals surface area contributed by atoms with Crippen molar-refractivity contribution in [3.05, 3.63) is 101 Å². The van der Waals surface area contributed by atoms with Gasteiger partial charge in [0.2, 0.25) is 0 Å². The molecule has 0 bridgehead atoms. The van der Waals surface area contributed by atoms with Crippen LogP contribution in [-0.4, -0.2) is 48.6 Å². The maximum Gasteiger partial charge on any atom is 0.492 e. The molecule has 0 spiro atoms. The van der Waals surface area contributed by atoms with Crippen molar-refractivity contribution in [2.45, 2.75) is 57.7 Å². The Kier molecular flexibility index (Phi) is 8.07. The van der Waals surface area contributed by atoms with E-state index >= 15 is 0 Å². The molecular weight excluding hydrogens is 517 g/mol. The van der Waals surface area contributed by atoms with Crippen molar-refractivity contribution in [3.63, 3.8) is 0 Å². The highest BCUT2D eigenvalue weighted by atomic mass is 16.7. The van der Waals surface area contributed by atoms with Crippen LogP contribution < -0.4 is 5.32 Å². The lowest BCUT2D eigenvalue weighted by molar-refractivity contribution is -0.136. The van der Waals surface area contributed by atoms with Crippen LogP contribution in [0.3, 0.4) is 0 Å². The first-order valence-corrected chi connectivity index (χ1v) is 14.0. The zero-order chi connectivity index (χ0) is 29.2. The molecule has 5 rings (SSSR count). The van der Waals surface area contributed by atoms with Crippen molar-refractivity contribution in [1.29, 1.82) is 0 Å². The van der Waals surface area contributed by atoms with Crippen molar-refractivity contribution >= 4 is 25.3 Å². The van der Waals surface area contributed by atoms with Crippen LogP contribution in [0.15, 0.2) is 78.3 Å². The Morgan fingerprint density at radius 2 is 1.46 bits per heavy atom. The minimum atomic E-state index is -0.823. The third kappa shape index (κ3) is 6.24. The number of carbonyl (C=O) groups excluding carboxylic acids is 1. The van der Waals surface area contributed by atoms with E-state index < -0.39 is 30.4 Å². The number of carboxylic acids is 1. The van der Waals surface area contributed by atoms with Gasteiger partial charge in [-0.25, -0.2) is 4.79 Å². The summed E-state index contributed by atoms with van der Waals surface area (Å²) in [7, 11) is -0.652. The topological polar surface area (TPSA) is 94.1 Å². The maximum atomic E-state index is 12.9. The molecule has 2 aliphatic rings. The van der Waals surface area contributed by atoms with Crippen LogP contribution in [-0.2, 0) is 25.3 Å². The fraction of sp³-hybridized carbons (Fsp3) is 0.333. The first-order chi connectivity index (χ1) is 19.5. The number of carboxylic acid groups (broad SMARTS) is 1. The number of carbonyl (C=O) groups is 2. The van der Waals surface area contributed by atoms with E-state index in [1.165, 1.54) is 11.1 Å². The fourth-order valence-corrected chi connectivity index (χ4v) is 5.27. The first kappa shape index (κ1) is 28.6. The zero-order valence-electron chi connectivity index (χ0n) is 24.0. The van der Waals surface area contributed by atoms with E-state index in [2.05, 4.69) is 29.6 Å². The van der Waals surface area contributed by atoms with Crippen molar-refractivity contribution in [3.8, 4) is 11.1 Å². The second kappa shape index (κ2) is 11.5. The molecule has 41 heavy (non-hydrogen) atoms. The van der Waals surface area contributed by atoms with Crippen molar-refractivity contribution in [2.75, 3.05) is 13.2 Å². The summed E-state index contributed by atoms with van der Waals surface area (Å²) < 4.78 is 18.3. The molecule has 212 valence electrons. The largest absolute Gasteiger partial charge is 0.492 e. The third-order valence-corrected chi connectivity index (χ3v) is 8.30. The second-order valence-electron chi connectivity index (χ2n) is 11.6. The highest BCUT2D eigenvalue weighted by Gasteiger charge is 2.52. The number of aryl methyl sites for hydroxylation is 1. The van der Waals surface area contributed by atoms with Gasteiger partial charge in [0.15, 0.2) is 0 Å². The summed E-state index contributed by atoms with van der Waals surface area (Å²) in [5.41, 5.74) is 6.17. The molecule has 1 saturated heterocycles. The molecular formula is C33H36BNO6. The van der Waals surface area contributed by atoms with Gasteiger partial charge in [-0.15, -0.1) is 0 Å². The molecule has 1 fully saturated rings. The Hall–Kier alpha value is -3.88. The van der Waals surface area contributed by atoms with Gasteiger partial charge in [-0.3, -0.25) is 4.79 Å². The SMILES string of the molecule is CC1(C)OB(C(=Cc2ccc(CCC(=O)O)cc2)CNC(=O)OCC2c3ccccc3-c3ccccc32)OC1(C)C.